The molecule has 0 aliphatic heterocycles. The fourth-order valence-corrected chi connectivity index (χ4v) is 2.94. The molecule has 0 saturated heterocycles. The molecule has 0 fully saturated rings. The molecule has 0 bridgehead atoms. The molecule has 2 heterocycles. The number of carbonyl (C=O) groups excluding carboxylic acids is 1. The Morgan fingerprint density at radius 3 is 2.48 bits per heavy atom. The molecular weight excluding hydrogens is 403 g/mol. The fourth-order valence-electron chi connectivity index (χ4n) is 2.94. The molecule has 11 heteroatoms. The number of ether oxygens (including phenoxy) is 1. The zero-order chi connectivity index (χ0) is 22.5. The van der Waals surface area contributed by atoms with Gasteiger partial charge in [-0.2, -0.15) is 5.10 Å². The molecule has 10 nitrogen and oxygen atoms in total. The summed E-state index contributed by atoms with van der Waals surface area (Å²) >= 11 is 0. The number of hydrogen-bond donors (Lipinski definition) is 2. The first-order chi connectivity index (χ1) is 14.9. The summed E-state index contributed by atoms with van der Waals surface area (Å²) in [6.07, 6.45) is 0.869. The highest BCUT2D eigenvalue weighted by Crippen LogP contribution is 2.33. The maximum absolute atomic E-state index is 14.1. The second-order valence-corrected chi connectivity index (χ2v) is 6.36. The summed E-state index contributed by atoms with van der Waals surface area (Å²) in [6.45, 7) is 3.64. The quantitative estimate of drug-likeness (QED) is 0.455. The largest absolute Gasteiger partial charge is 0.452 e. The molecular formula is C20H21FN8O2. The van der Waals surface area contributed by atoms with Crippen molar-refractivity contribution in [1.82, 2.24) is 15.0 Å². The van der Waals surface area contributed by atoms with E-state index in [0.29, 0.717) is 16.9 Å². The predicted molar refractivity (Wildman–Crippen MR) is 117 cm³/mol. The summed E-state index contributed by atoms with van der Waals surface area (Å²) in [5.74, 6) is 0.0410. The van der Waals surface area contributed by atoms with E-state index >= 15 is 0 Å². The van der Waals surface area contributed by atoms with E-state index in [1.54, 1.807) is 36.5 Å². The van der Waals surface area contributed by atoms with Crippen LogP contribution in [0.4, 0.5) is 32.3 Å². The first-order valence-electron chi connectivity index (χ1n) is 9.05. The maximum Gasteiger partial charge on any atom is 0.413 e. The Labute approximate surface area is 178 Å². The van der Waals surface area contributed by atoms with Gasteiger partial charge in [0, 0.05) is 25.5 Å². The lowest BCUT2D eigenvalue weighted by Crippen LogP contribution is -2.28. The molecule has 0 atom stereocenters. The van der Waals surface area contributed by atoms with Crippen molar-refractivity contribution in [3.8, 4) is 11.4 Å². The number of methoxy groups -OCH3 is 1. The molecule has 160 valence electrons. The molecule has 0 saturated carbocycles. The van der Waals surface area contributed by atoms with E-state index in [4.69, 9.17) is 11.5 Å². The van der Waals surface area contributed by atoms with Crippen molar-refractivity contribution in [2.45, 2.75) is 6.54 Å². The first-order valence-corrected chi connectivity index (χ1v) is 9.05. The molecule has 3 aromatic rings. The second kappa shape index (κ2) is 9.03. The third-order valence-corrected chi connectivity index (χ3v) is 4.44. The number of aromatic nitrogens is 3. The molecule has 0 spiro atoms. The molecule has 0 aliphatic rings. The zero-order valence-corrected chi connectivity index (χ0v) is 17.0. The second-order valence-electron chi connectivity index (χ2n) is 6.36. The van der Waals surface area contributed by atoms with Crippen LogP contribution in [-0.2, 0) is 11.3 Å². The summed E-state index contributed by atoms with van der Waals surface area (Å²) in [4.78, 5) is 25.8. The van der Waals surface area contributed by atoms with Crippen molar-refractivity contribution in [3.63, 3.8) is 0 Å². The number of pyridine rings is 1. The SMILES string of the molecule is C=NN(Cc1ccccc1F)c1ncccc1-c1nc(N)c(N(C)C(=O)OC)c(N)n1. The van der Waals surface area contributed by atoms with E-state index in [-0.39, 0.29) is 35.5 Å². The van der Waals surface area contributed by atoms with Crippen LogP contribution in [0.5, 0.6) is 0 Å². The topological polar surface area (TPSA) is 136 Å². The zero-order valence-electron chi connectivity index (χ0n) is 17.0. The van der Waals surface area contributed by atoms with Crippen molar-refractivity contribution in [2.75, 3.05) is 35.5 Å². The van der Waals surface area contributed by atoms with E-state index in [1.807, 2.05) is 0 Å². The van der Waals surface area contributed by atoms with Crippen molar-refractivity contribution in [1.29, 1.82) is 0 Å². The number of carbonyl (C=O) groups is 1. The number of nitrogens with two attached hydrogens (primary N) is 2. The number of hydrazone groups is 1. The van der Waals surface area contributed by atoms with Crippen LogP contribution < -0.4 is 21.4 Å². The summed E-state index contributed by atoms with van der Waals surface area (Å²) in [6, 6.07) is 9.69. The van der Waals surface area contributed by atoms with Gasteiger partial charge >= 0.3 is 6.09 Å². The third kappa shape index (κ3) is 4.34. The van der Waals surface area contributed by atoms with Crippen molar-refractivity contribution in [3.05, 3.63) is 54.0 Å². The lowest BCUT2D eigenvalue weighted by Gasteiger charge is -2.22. The number of amides is 1. The van der Waals surface area contributed by atoms with E-state index < -0.39 is 6.09 Å². The van der Waals surface area contributed by atoms with Gasteiger partial charge in [-0.05, 0) is 18.2 Å². The van der Waals surface area contributed by atoms with Crippen molar-refractivity contribution >= 4 is 36.0 Å². The predicted octanol–water partition coefficient (Wildman–Crippen LogP) is 2.67. The van der Waals surface area contributed by atoms with Gasteiger partial charge in [-0.15, -0.1) is 0 Å². The van der Waals surface area contributed by atoms with E-state index in [9.17, 15) is 9.18 Å². The summed E-state index contributed by atoms with van der Waals surface area (Å²) in [7, 11) is 2.67. The Balaban J connectivity index is 2.04. The first kappa shape index (κ1) is 21.4. The standard InChI is InChI=1S/C20H21FN8O2/c1-24-29(11-12-7-4-5-9-14(12)21)19-13(8-6-10-25-19)18-26-16(22)15(17(23)27-18)28(2)20(30)31-3/h4-10H,1,11H2,2-3H3,(H4,22,23,26,27). The summed E-state index contributed by atoms with van der Waals surface area (Å²) in [5, 5.41) is 5.39. The van der Waals surface area contributed by atoms with Crippen molar-refractivity contribution in [2.24, 2.45) is 5.10 Å². The lowest BCUT2D eigenvalue weighted by atomic mass is 10.2. The molecule has 3 rings (SSSR count). The van der Waals surface area contributed by atoms with Gasteiger partial charge in [-0.25, -0.2) is 29.1 Å². The molecule has 4 N–H and O–H groups in total. The number of halogens is 1. The Hall–Kier alpha value is -4.28. The Kier molecular flexibility index (Phi) is 6.24. The van der Waals surface area contributed by atoms with Crippen LogP contribution in [0.2, 0.25) is 0 Å². The van der Waals surface area contributed by atoms with E-state index in [1.165, 1.54) is 25.2 Å². The summed E-state index contributed by atoms with van der Waals surface area (Å²) < 4.78 is 18.8. The van der Waals surface area contributed by atoms with Crippen LogP contribution in [0.1, 0.15) is 5.56 Å². The number of rotatable bonds is 6. The molecule has 0 radical (unpaired) electrons. The molecule has 31 heavy (non-hydrogen) atoms. The number of anilines is 4. The number of hydrogen-bond acceptors (Lipinski definition) is 9. The average molecular weight is 424 g/mol. The van der Waals surface area contributed by atoms with Crippen LogP contribution in [-0.4, -0.2) is 41.9 Å². The van der Waals surface area contributed by atoms with Crippen LogP contribution in [0.25, 0.3) is 11.4 Å². The maximum atomic E-state index is 14.1. The highest BCUT2D eigenvalue weighted by molar-refractivity contribution is 5.94. The van der Waals surface area contributed by atoms with Gasteiger partial charge in [0.1, 0.15) is 11.5 Å². The lowest BCUT2D eigenvalue weighted by molar-refractivity contribution is 0.180. The number of nitrogens with zero attached hydrogens (tertiary/aromatic N) is 6. The minimum Gasteiger partial charge on any atom is -0.452 e. The van der Waals surface area contributed by atoms with Crippen LogP contribution in [0.3, 0.4) is 0 Å². The minimum atomic E-state index is -0.677. The normalized spacial score (nSPS) is 10.4. The number of nitrogen functional groups attached to an aromatic ring is 2. The van der Waals surface area contributed by atoms with Gasteiger partial charge in [-0.3, -0.25) is 4.90 Å². The molecule has 0 unspecified atom stereocenters. The molecule has 0 aliphatic carbocycles. The van der Waals surface area contributed by atoms with Gasteiger partial charge < -0.3 is 16.2 Å². The molecule has 1 amide bonds. The van der Waals surface area contributed by atoms with Crippen LogP contribution in [0.15, 0.2) is 47.7 Å². The Morgan fingerprint density at radius 2 is 1.87 bits per heavy atom. The fraction of sp³-hybridized carbons (Fsp3) is 0.150. The molecule has 1 aromatic carbocycles. The van der Waals surface area contributed by atoms with Gasteiger partial charge in [0.05, 0.1) is 19.2 Å². The van der Waals surface area contributed by atoms with Crippen LogP contribution >= 0.6 is 0 Å². The van der Waals surface area contributed by atoms with Gasteiger partial charge in [0.15, 0.2) is 23.3 Å². The molecule has 2 aromatic heterocycles. The van der Waals surface area contributed by atoms with E-state index in [0.717, 1.165) is 4.90 Å². The van der Waals surface area contributed by atoms with E-state index in [2.05, 4.69) is 31.5 Å². The van der Waals surface area contributed by atoms with Crippen LogP contribution in [0, 0.1) is 5.82 Å². The van der Waals surface area contributed by atoms with Gasteiger partial charge in [0.25, 0.3) is 0 Å². The monoisotopic (exact) mass is 424 g/mol. The summed E-state index contributed by atoms with van der Waals surface area (Å²) in [5.41, 5.74) is 13.1. The highest BCUT2D eigenvalue weighted by atomic mass is 19.1. The Morgan fingerprint density at radius 1 is 1.19 bits per heavy atom. The minimum absolute atomic E-state index is 0.0302. The number of benzene rings is 1. The third-order valence-electron chi connectivity index (χ3n) is 4.44. The van der Waals surface area contributed by atoms with Gasteiger partial charge in [-0.1, -0.05) is 18.2 Å². The highest BCUT2D eigenvalue weighted by Gasteiger charge is 2.23. The van der Waals surface area contributed by atoms with Crippen molar-refractivity contribution < 1.29 is 13.9 Å². The Bertz CT molecular complexity index is 1100. The van der Waals surface area contributed by atoms with Gasteiger partial charge in [0.2, 0.25) is 0 Å². The smallest absolute Gasteiger partial charge is 0.413 e. The average Bonchev–Trinajstić information content (AvgIpc) is 2.77.